The molecule has 0 aliphatic carbocycles. The van der Waals surface area contributed by atoms with Gasteiger partial charge in [0, 0.05) is 41.1 Å². The van der Waals surface area contributed by atoms with Crippen molar-refractivity contribution in [2.24, 2.45) is 5.73 Å². The van der Waals surface area contributed by atoms with Crippen molar-refractivity contribution in [2.45, 2.75) is 44.7 Å². The summed E-state index contributed by atoms with van der Waals surface area (Å²) in [5, 5.41) is 16.0. The van der Waals surface area contributed by atoms with Crippen LogP contribution < -0.4 is 5.73 Å². The Labute approximate surface area is 230 Å². The van der Waals surface area contributed by atoms with Gasteiger partial charge in [-0.05, 0) is 62.9 Å². The summed E-state index contributed by atoms with van der Waals surface area (Å²) in [5.74, 6) is 0.567. The van der Waals surface area contributed by atoms with Crippen LogP contribution in [0.4, 0.5) is 0 Å². The highest BCUT2D eigenvalue weighted by molar-refractivity contribution is 7.09. The van der Waals surface area contributed by atoms with Crippen LogP contribution in [0.25, 0.3) is 17.1 Å². The summed E-state index contributed by atoms with van der Waals surface area (Å²) in [6, 6.07) is 17.3. The number of carbonyl (C=O) groups excluding carboxylic acids is 1. The fourth-order valence-electron chi connectivity index (χ4n) is 5.04. The highest BCUT2D eigenvalue weighted by atomic mass is 32.1. The molecule has 0 spiro atoms. The number of amides is 1. The number of aryl methyl sites for hydroxylation is 1. The van der Waals surface area contributed by atoms with E-state index < -0.39 is 5.54 Å². The topological polar surface area (TPSA) is 116 Å². The first-order chi connectivity index (χ1) is 18.9. The molecule has 10 heteroatoms. The van der Waals surface area contributed by atoms with Crippen LogP contribution in [-0.4, -0.2) is 42.3 Å². The Morgan fingerprint density at radius 3 is 2.77 bits per heavy atom. The molecule has 3 aromatic heterocycles. The standard InChI is InChI=1S/C29H29N7O2S/c1-19-18-39-26(32-19)24-10-6-12-35(24)27(37)22-14-21(15-23(16-22)36-13-7-11-31-36)25-33-34-28(38-25)29(2,30)17-20-8-4-3-5-9-20/h3-5,7-9,11,13-16,18,24H,6,10,12,17,30H2,1-2H3/t24-,29+/m1/s1. The van der Waals surface area contributed by atoms with E-state index in [0.717, 1.165) is 34.8 Å². The first-order valence-electron chi connectivity index (χ1n) is 12.9. The lowest BCUT2D eigenvalue weighted by molar-refractivity contribution is 0.0735. The van der Waals surface area contributed by atoms with Crippen LogP contribution >= 0.6 is 11.3 Å². The molecule has 198 valence electrons. The summed E-state index contributed by atoms with van der Waals surface area (Å²) in [7, 11) is 0. The van der Waals surface area contributed by atoms with Crippen molar-refractivity contribution in [3.05, 3.63) is 100 Å². The van der Waals surface area contributed by atoms with E-state index in [9.17, 15) is 4.79 Å². The SMILES string of the molecule is Cc1csc([C@H]2CCCN2C(=O)c2cc(-c3nnc([C@@](C)(N)Cc4ccccc4)o3)cc(-n3cccn3)c2)n1. The fraction of sp³-hybridized carbons (Fsp3) is 0.276. The van der Waals surface area contributed by atoms with Gasteiger partial charge >= 0.3 is 0 Å². The van der Waals surface area contributed by atoms with Crippen LogP contribution in [0.3, 0.4) is 0 Å². The molecule has 1 aliphatic rings. The first kappa shape index (κ1) is 25.1. The first-order valence-corrected chi connectivity index (χ1v) is 13.8. The van der Waals surface area contributed by atoms with Crippen LogP contribution in [0.2, 0.25) is 0 Å². The Hall–Kier alpha value is -4.15. The molecule has 1 fully saturated rings. The summed E-state index contributed by atoms with van der Waals surface area (Å²) in [6.07, 6.45) is 5.90. The number of benzene rings is 2. The molecule has 6 rings (SSSR count). The van der Waals surface area contributed by atoms with Gasteiger partial charge in [-0.3, -0.25) is 4.79 Å². The number of nitrogens with zero attached hydrogens (tertiary/aromatic N) is 6. The second-order valence-corrected chi connectivity index (χ2v) is 11.1. The van der Waals surface area contributed by atoms with Crippen molar-refractivity contribution < 1.29 is 9.21 Å². The molecule has 39 heavy (non-hydrogen) atoms. The number of thiazole rings is 1. The molecule has 9 nitrogen and oxygen atoms in total. The molecule has 0 radical (unpaired) electrons. The maximum absolute atomic E-state index is 13.9. The lowest BCUT2D eigenvalue weighted by Crippen LogP contribution is -2.35. The maximum atomic E-state index is 13.9. The largest absolute Gasteiger partial charge is 0.419 e. The molecule has 0 saturated carbocycles. The predicted octanol–water partition coefficient (Wildman–Crippen LogP) is 5.08. The molecular formula is C29H29N7O2S. The van der Waals surface area contributed by atoms with Crippen LogP contribution in [0.1, 0.15) is 58.3 Å². The van der Waals surface area contributed by atoms with Gasteiger partial charge in [0.2, 0.25) is 11.8 Å². The number of likely N-dealkylation sites (tertiary alicyclic amines) is 1. The monoisotopic (exact) mass is 539 g/mol. The van der Waals surface area contributed by atoms with E-state index in [2.05, 4.69) is 20.3 Å². The molecule has 4 heterocycles. The second-order valence-electron chi connectivity index (χ2n) is 10.2. The Balaban J connectivity index is 1.35. The van der Waals surface area contributed by atoms with E-state index in [4.69, 9.17) is 10.2 Å². The molecule has 2 aromatic carbocycles. The number of hydrogen-bond donors (Lipinski definition) is 1. The third kappa shape index (κ3) is 5.13. The van der Waals surface area contributed by atoms with Gasteiger partial charge in [0.05, 0.1) is 17.3 Å². The summed E-state index contributed by atoms with van der Waals surface area (Å²) in [4.78, 5) is 20.5. The zero-order chi connectivity index (χ0) is 27.0. The molecule has 0 bridgehead atoms. The minimum atomic E-state index is -0.862. The Morgan fingerprint density at radius 2 is 2.03 bits per heavy atom. The minimum Gasteiger partial charge on any atom is -0.419 e. The summed E-state index contributed by atoms with van der Waals surface area (Å²) < 4.78 is 7.84. The normalized spacial score (nSPS) is 16.9. The van der Waals surface area contributed by atoms with Crippen LogP contribution in [0.5, 0.6) is 0 Å². The van der Waals surface area contributed by atoms with Gasteiger partial charge in [-0.2, -0.15) is 5.10 Å². The number of aromatic nitrogens is 5. The van der Waals surface area contributed by atoms with Crippen molar-refractivity contribution in [2.75, 3.05) is 6.54 Å². The molecule has 5 aromatic rings. The van der Waals surface area contributed by atoms with E-state index in [1.807, 2.05) is 78.9 Å². The predicted molar refractivity (Wildman–Crippen MR) is 148 cm³/mol. The maximum Gasteiger partial charge on any atom is 0.254 e. The van der Waals surface area contributed by atoms with Gasteiger partial charge < -0.3 is 15.1 Å². The molecule has 1 saturated heterocycles. The van der Waals surface area contributed by atoms with Gasteiger partial charge in [0.15, 0.2) is 0 Å². The molecule has 1 amide bonds. The van der Waals surface area contributed by atoms with E-state index in [1.165, 1.54) is 0 Å². The van der Waals surface area contributed by atoms with Gasteiger partial charge in [-0.1, -0.05) is 30.3 Å². The van der Waals surface area contributed by atoms with Crippen molar-refractivity contribution in [1.82, 2.24) is 29.9 Å². The quantitative estimate of drug-likeness (QED) is 0.307. The fourth-order valence-corrected chi connectivity index (χ4v) is 5.98. The van der Waals surface area contributed by atoms with Crippen LogP contribution in [-0.2, 0) is 12.0 Å². The van der Waals surface area contributed by atoms with E-state index >= 15 is 0 Å². The van der Waals surface area contributed by atoms with E-state index in [1.54, 1.807) is 28.3 Å². The number of carbonyl (C=O) groups is 1. The van der Waals surface area contributed by atoms with Crippen molar-refractivity contribution >= 4 is 17.2 Å². The molecule has 0 unspecified atom stereocenters. The average molecular weight is 540 g/mol. The van der Waals surface area contributed by atoms with Crippen LogP contribution in [0, 0.1) is 6.92 Å². The minimum absolute atomic E-state index is 0.0287. The number of rotatable bonds is 7. The smallest absolute Gasteiger partial charge is 0.254 e. The van der Waals surface area contributed by atoms with Crippen LogP contribution in [0.15, 0.2) is 76.8 Å². The van der Waals surface area contributed by atoms with Crippen molar-refractivity contribution in [3.63, 3.8) is 0 Å². The third-order valence-corrected chi connectivity index (χ3v) is 8.01. The number of nitrogens with two attached hydrogens (primary N) is 1. The summed E-state index contributed by atoms with van der Waals surface area (Å²) in [6.45, 7) is 4.53. The zero-order valence-corrected chi connectivity index (χ0v) is 22.6. The van der Waals surface area contributed by atoms with Gasteiger partial charge in [-0.25, -0.2) is 9.67 Å². The highest BCUT2D eigenvalue weighted by Crippen LogP contribution is 2.36. The van der Waals surface area contributed by atoms with Gasteiger partial charge in [0.1, 0.15) is 5.01 Å². The average Bonchev–Trinajstić information content (AvgIpc) is 3.74. The molecule has 2 N–H and O–H groups in total. The van der Waals surface area contributed by atoms with Gasteiger partial charge in [-0.15, -0.1) is 21.5 Å². The van der Waals surface area contributed by atoms with E-state index in [0.29, 0.717) is 35.9 Å². The Morgan fingerprint density at radius 1 is 1.18 bits per heavy atom. The third-order valence-electron chi connectivity index (χ3n) is 6.94. The molecule has 2 atom stereocenters. The Kier molecular flexibility index (Phi) is 6.58. The zero-order valence-electron chi connectivity index (χ0n) is 21.8. The summed E-state index contributed by atoms with van der Waals surface area (Å²) >= 11 is 1.61. The van der Waals surface area contributed by atoms with Crippen molar-refractivity contribution in [3.8, 4) is 17.1 Å². The van der Waals surface area contributed by atoms with E-state index in [-0.39, 0.29) is 11.9 Å². The lowest BCUT2D eigenvalue weighted by atomic mass is 9.94. The summed E-state index contributed by atoms with van der Waals surface area (Å²) in [5.41, 5.74) is 9.69. The second kappa shape index (κ2) is 10.2. The van der Waals surface area contributed by atoms with Crippen molar-refractivity contribution in [1.29, 1.82) is 0 Å². The highest BCUT2D eigenvalue weighted by Gasteiger charge is 2.33. The molecule has 1 aliphatic heterocycles. The van der Waals surface area contributed by atoms with Gasteiger partial charge in [0.25, 0.3) is 5.91 Å². The lowest BCUT2D eigenvalue weighted by Gasteiger charge is -2.23. The Bertz CT molecular complexity index is 1590. The number of hydrogen-bond acceptors (Lipinski definition) is 8. The molecular weight excluding hydrogens is 510 g/mol.